The average molecular weight is 737 g/mol. The van der Waals surface area contributed by atoms with Crippen LogP contribution in [-0.4, -0.2) is 16.4 Å². The molecule has 0 spiro atoms. The molecule has 0 unspecified atom stereocenters. The number of pyridine rings is 1. The van der Waals surface area contributed by atoms with Crippen molar-refractivity contribution < 1.29 is 55.8 Å². The number of hydrogen-bond donors (Lipinski definition) is 0. The van der Waals surface area contributed by atoms with Gasteiger partial charge < -0.3 is 37.2 Å². The van der Waals surface area contributed by atoms with Crippen LogP contribution in [0.3, 0.4) is 0 Å². The summed E-state index contributed by atoms with van der Waals surface area (Å²) in [5, 5.41) is 0. The van der Waals surface area contributed by atoms with Crippen LogP contribution in [-0.2, 0) is 57.1 Å². The Morgan fingerprint density at radius 1 is 0.489 bits per heavy atom. The topological polar surface area (TPSA) is 37.6 Å². The third-order valence-corrected chi connectivity index (χ3v) is 8.08. The van der Waals surface area contributed by atoms with E-state index in [9.17, 15) is 0 Å². The molecule has 0 saturated heterocycles. The molecule has 7 heteroatoms. The molecule has 0 aliphatic heterocycles. The van der Waals surface area contributed by atoms with Crippen LogP contribution in [0.4, 0.5) is 11.4 Å². The van der Waals surface area contributed by atoms with Crippen molar-refractivity contribution in [2.24, 2.45) is 9.98 Å². The molecule has 0 saturated carbocycles. The van der Waals surface area contributed by atoms with E-state index in [0.29, 0.717) is 0 Å². The standard InChI is InChI=1S/C40H57N3.3ClH.V/c1-10-16-31-24-33(18-12-3)39(34(25-31)19-13-4)41-29(8)37-22-28(7)23-38(43-37)30(9)42-40-35(20-14-5)26-32(17-11-2)27-36(40)21-15-6;;;;/h22-27H,10-21H2,1-9H3;3*1H;/q;;;;+3/p-3. The fraction of sp³-hybridized carbons (Fsp3) is 0.525. The number of aliphatic imine (C=N–C) groups is 2. The number of rotatable bonds is 16. The predicted molar refractivity (Wildman–Crippen MR) is 190 cm³/mol. The van der Waals surface area contributed by atoms with Crippen LogP contribution >= 0.6 is 0 Å². The average Bonchev–Trinajstić information content (AvgIpc) is 2.97. The summed E-state index contributed by atoms with van der Waals surface area (Å²) < 4.78 is 0. The Hall–Kier alpha value is -1.62. The van der Waals surface area contributed by atoms with Crippen molar-refractivity contribution in [1.82, 2.24) is 4.98 Å². The Morgan fingerprint density at radius 3 is 1.02 bits per heavy atom. The first-order valence-electron chi connectivity index (χ1n) is 17.2. The first-order chi connectivity index (χ1) is 20.8. The van der Waals surface area contributed by atoms with Gasteiger partial charge in [-0.2, -0.15) is 0 Å². The number of nitrogens with zero attached hydrogens (tertiary/aromatic N) is 3. The summed E-state index contributed by atoms with van der Waals surface area (Å²) in [6, 6.07) is 13.9. The number of aryl methyl sites for hydroxylation is 7. The second kappa shape index (κ2) is 24.5. The van der Waals surface area contributed by atoms with Crippen LogP contribution in [0.25, 0.3) is 0 Å². The minimum absolute atomic E-state index is 0. The van der Waals surface area contributed by atoms with E-state index in [4.69, 9.17) is 15.0 Å². The molecule has 2 aromatic carbocycles. The predicted octanol–water partition coefficient (Wildman–Crippen LogP) is 2.40. The molecule has 3 rings (SSSR count). The van der Waals surface area contributed by atoms with Crippen molar-refractivity contribution in [2.45, 2.75) is 139 Å². The third-order valence-electron chi connectivity index (χ3n) is 8.08. The molecule has 258 valence electrons. The van der Waals surface area contributed by atoms with Gasteiger partial charge in [0.1, 0.15) is 0 Å². The first kappa shape index (κ1) is 47.5. The van der Waals surface area contributed by atoms with E-state index in [2.05, 4.69) is 98.7 Å². The Bertz CT molecular complexity index is 1270. The number of aromatic nitrogens is 1. The van der Waals surface area contributed by atoms with E-state index in [0.717, 1.165) is 98.4 Å². The summed E-state index contributed by atoms with van der Waals surface area (Å²) in [5.41, 5.74) is 15.7. The Kier molecular flexibility index (Phi) is 24.8. The summed E-state index contributed by atoms with van der Waals surface area (Å²) in [6.45, 7) is 20.0. The molecule has 0 N–H and O–H groups in total. The quantitative estimate of drug-likeness (QED) is 0.209. The van der Waals surface area contributed by atoms with Crippen molar-refractivity contribution in [1.29, 1.82) is 0 Å². The normalized spacial score (nSPS) is 11.3. The van der Waals surface area contributed by atoms with Gasteiger partial charge in [-0.15, -0.1) is 0 Å². The van der Waals surface area contributed by atoms with Crippen LogP contribution in [0.1, 0.15) is 144 Å². The zero-order valence-corrected chi connectivity index (χ0v) is 34.0. The van der Waals surface area contributed by atoms with Crippen molar-refractivity contribution in [3.63, 3.8) is 0 Å². The van der Waals surface area contributed by atoms with Crippen LogP contribution in [0, 0.1) is 6.92 Å². The van der Waals surface area contributed by atoms with Gasteiger partial charge in [-0.05, 0) is 110 Å². The van der Waals surface area contributed by atoms with E-state index in [1.54, 1.807) is 0 Å². The summed E-state index contributed by atoms with van der Waals surface area (Å²) in [7, 11) is 0. The minimum Gasteiger partial charge on any atom is -1.00 e. The SMILES string of the molecule is CCCc1cc(CCC)c(N=C(C)c2cc(C)cc(C(C)=Nc3c(CCC)cc(CCC)cc3CCC)n2)c(CCC)c1.[Cl-].[Cl-].[Cl-].[V+3]. The van der Waals surface area contributed by atoms with Gasteiger partial charge in [0.2, 0.25) is 0 Å². The van der Waals surface area contributed by atoms with E-state index >= 15 is 0 Å². The molecular weight excluding hydrogens is 680 g/mol. The van der Waals surface area contributed by atoms with Crippen molar-refractivity contribution in [2.75, 3.05) is 0 Å². The van der Waals surface area contributed by atoms with Gasteiger partial charge in [0.05, 0.1) is 34.2 Å². The van der Waals surface area contributed by atoms with Gasteiger partial charge in [0, 0.05) is 0 Å². The molecular formula is C40H57Cl3N3V. The van der Waals surface area contributed by atoms with Crippen molar-refractivity contribution in [3.05, 3.63) is 86.7 Å². The van der Waals surface area contributed by atoms with E-state index in [1.165, 1.54) is 51.8 Å². The fourth-order valence-electron chi connectivity index (χ4n) is 6.15. The molecule has 0 atom stereocenters. The molecule has 0 aliphatic rings. The molecule has 1 heterocycles. The van der Waals surface area contributed by atoms with Gasteiger partial charge in [-0.25, -0.2) is 4.98 Å². The minimum atomic E-state index is 0. The number of benzene rings is 2. The number of halogens is 3. The maximum Gasteiger partial charge on any atom is 3.00 e. The third kappa shape index (κ3) is 13.7. The van der Waals surface area contributed by atoms with Gasteiger partial charge in [0.25, 0.3) is 0 Å². The van der Waals surface area contributed by atoms with E-state index in [1.807, 2.05) is 0 Å². The van der Waals surface area contributed by atoms with Crippen LogP contribution < -0.4 is 37.2 Å². The van der Waals surface area contributed by atoms with Crippen molar-refractivity contribution in [3.8, 4) is 0 Å². The second-order valence-electron chi connectivity index (χ2n) is 12.3. The Labute approximate surface area is 317 Å². The molecule has 1 aromatic heterocycles. The maximum absolute atomic E-state index is 5.31. The molecule has 0 fully saturated rings. The fourth-order valence-corrected chi connectivity index (χ4v) is 6.15. The molecule has 0 bridgehead atoms. The largest absolute Gasteiger partial charge is 3.00 e. The van der Waals surface area contributed by atoms with Crippen LogP contribution in [0.15, 0.2) is 46.4 Å². The van der Waals surface area contributed by atoms with E-state index < -0.39 is 0 Å². The summed E-state index contributed by atoms with van der Waals surface area (Å²) in [4.78, 5) is 15.8. The monoisotopic (exact) mass is 735 g/mol. The van der Waals surface area contributed by atoms with Gasteiger partial charge >= 0.3 is 18.6 Å². The van der Waals surface area contributed by atoms with Gasteiger partial charge in [-0.1, -0.05) is 104 Å². The molecule has 0 aliphatic carbocycles. The molecule has 3 nitrogen and oxygen atoms in total. The summed E-state index contributed by atoms with van der Waals surface area (Å²) in [5.74, 6) is 0. The Balaban J connectivity index is 0. The first-order valence-corrected chi connectivity index (χ1v) is 17.2. The summed E-state index contributed by atoms with van der Waals surface area (Å²) >= 11 is 0. The zero-order chi connectivity index (χ0) is 31.4. The van der Waals surface area contributed by atoms with Crippen molar-refractivity contribution >= 4 is 22.8 Å². The van der Waals surface area contributed by atoms with Gasteiger partial charge in [0.15, 0.2) is 0 Å². The maximum atomic E-state index is 5.31. The molecule has 47 heavy (non-hydrogen) atoms. The molecule has 0 radical (unpaired) electrons. The second-order valence-corrected chi connectivity index (χ2v) is 12.3. The van der Waals surface area contributed by atoms with Crippen LogP contribution in [0.5, 0.6) is 0 Å². The van der Waals surface area contributed by atoms with Gasteiger partial charge in [-0.3, -0.25) is 9.98 Å². The van der Waals surface area contributed by atoms with Crippen LogP contribution in [0.2, 0.25) is 0 Å². The Morgan fingerprint density at radius 2 is 0.766 bits per heavy atom. The molecule has 3 aromatic rings. The number of hydrogen-bond acceptors (Lipinski definition) is 3. The molecule has 0 amide bonds. The van der Waals surface area contributed by atoms with E-state index in [-0.39, 0.29) is 55.8 Å². The zero-order valence-electron chi connectivity index (χ0n) is 30.4. The summed E-state index contributed by atoms with van der Waals surface area (Å²) in [6.07, 6.45) is 13.2. The smallest absolute Gasteiger partial charge is 1.00 e.